The average Bonchev–Trinajstić information content (AvgIpc) is 2.72. The van der Waals surface area contributed by atoms with Crippen LogP contribution in [0, 0.1) is 5.82 Å². The molecular formula is C21H22FN3O4. The van der Waals surface area contributed by atoms with E-state index in [0.717, 1.165) is 11.3 Å². The molecule has 0 aliphatic carbocycles. The van der Waals surface area contributed by atoms with E-state index in [1.807, 2.05) is 25.1 Å². The van der Waals surface area contributed by atoms with Gasteiger partial charge in [-0.3, -0.25) is 9.59 Å². The predicted molar refractivity (Wildman–Crippen MR) is 106 cm³/mol. The molecule has 4 rings (SSSR count). The molecule has 29 heavy (non-hydrogen) atoms. The first-order valence-corrected chi connectivity index (χ1v) is 9.44. The summed E-state index contributed by atoms with van der Waals surface area (Å²) in [6.45, 7) is 2.26. The lowest BCUT2D eigenvalue weighted by Gasteiger charge is -2.42. The number of halogens is 1. The number of hydrogen-bond donors (Lipinski definition) is 2. The number of rotatable bonds is 4. The van der Waals surface area contributed by atoms with E-state index in [2.05, 4.69) is 15.5 Å². The largest absolute Gasteiger partial charge is 0.489 e. The van der Waals surface area contributed by atoms with Crippen LogP contribution >= 0.6 is 0 Å². The highest BCUT2D eigenvalue weighted by Gasteiger charge is 2.33. The molecular weight excluding hydrogens is 377 g/mol. The molecule has 0 fully saturated rings. The number of nitrogens with zero attached hydrogens (tertiary/aromatic N) is 1. The lowest BCUT2D eigenvalue weighted by molar-refractivity contribution is -0.121. The van der Waals surface area contributed by atoms with Gasteiger partial charge in [0.2, 0.25) is 5.91 Å². The molecule has 152 valence electrons. The average molecular weight is 399 g/mol. The van der Waals surface area contributed by atoms with Crippen LogP contribution in [0.25, 0.3) is 0 Å². The van der Waals surface area contributed by atoms with Gasteiger partial charge in [0.15, 0.2) is 6.61 Å². The van der Waals surface area contributed by atoms with E-state index in [4.69, 9.17) is 9.47 Å². The van der Waals surface area contributed by atoms with Crippen LogP contribution in [0.4, 0.5) is 15.8 Å². The third-order valence-corrected chi connectivity index (χ3v) is 5.26. The molecule has 2 atom stereocenters. The van der Waals surface area contributed by atoms with Crippen LogP contribution in [0.3, 0.4) is 0 Å². The second kappa shape index (κ2) is 7.62. The van der Waals surface area contributed by atoms with E-state index < -0.39 is 0 Å². The molecule has 2 aromatic carbocycles. The fourth-order valence-corrected chi connectivity index (χ4v) is 3.80. The van der Waals surface area contributed by atoms with Crippen molar-refractivity contribution in [1.29, 1.82) is 0 Å². The van der Waals surface area contributed by atoms with Crippen molar-refractivity contribution in [2.45, 2.75) is 25.4 Å². The van der Waals surface area contributed by atoms with E-state index in [-0.39, 0.29) is 49.3 Å². The first kappa shape index (κ1) is 19.0. The molecule has 2 aromatic rings. The van der Waals surface area contributed by atoms with Gasteiger partial charge in [-0.1, -0.05) is 6.07 Å². The van der Waals surface area contributed by atoms with Gasteiger partial charge in [0, 0.05) is 13.1 Å². The summed E-state index contributed by atoms with van der Waals surface area (Å²) in [6.07, 6.45) is 0.239. The minimum atomic E-state index is -0.380. The lowest BCUT2D eigenvalue weighted by atomic mass is 9.99. The molecule has 0 saturated heterocycles. The van der Waals surface area contributed by atoms with Gasteiger partial charge in [-0.15, -0.1) is 0 Å². The number of ether oxygens (including phenoxy) is 2. The zero-order chi connectivity index (χ0) is 20.5. The van der Waals surface area contributed by atoms with Crippen LogP contribution in [-0.4, -0.2) is 38.1 Å². The van der Waals surface area contributed by atoms with Crippen LogP contribution < -0.4 is 25.0 Å². The van der Waals surface area contributed by atoms with Crippen molar-refractivity contribution < 1.29 is 23.5 Å². The van der Waals surface area contributed by atoms with Gasteiger partial charge in [0.05, 0.1) is 29.9 Å². The Hall–Kier alpha value is -3.29. The Kier molecular flexibility index (Phi) is 5.00. The highest BCUT2D eigenvalue weighted by Crippen LogP contribution is 2.41. The second-order valence-corrected chi connectivity index (χ2v) is 7.13. The van der Waals surface area contributed by atoms with Crippen molar-refractivity contribution in [2.24, 2.45) is 0 Å². The zero-order valence-corrected chi connectivity index (χ0v) is 16.2. The summed E-state index contributed by atoms with van der Waals surface area (Å²) < 4.78 is 24.9. The van der Waals surface area contributed by atoms with E-state index in [1.54, 1.807) is 13.1 Å². The summed E-state index contributed by atoms with van der Waals surface area (Å²) in [7, 11) is 1.59. The number of anilines is 2. The van der Waals surface area contributed by atoms with Gasteiger partial charge in [-0.25, -0.2) is 4.39 Å². The molecule has 2 aliphatic heterocycles. The van der Waals surface area contributed by atoms with Crippen molar-refractivity contribution in [1.82, 2.24) is 5.32 Å². The minimum Gasteiger partial charge on any atom is -0.489 e. The number of amides is 2. The quantitative estimate of drug-likeness (QED) is 0.826. The van der Waals surface area contributed by atoms with Crippen molar-refractivity contribution in [3.8, 4) is 11.5 Å². The molecule has 2 heterocycles. The maximum atomic E-state index is 13.7. The van der Waals surface area contributed by atoms with E-state index in [1.165, 1.54) is 12.1 Å². The van der Waals surface area contributed by atoms with Crippen molar-refractivity contribution in [2.75, 3.05) is 30.5 Å². The van der Waals surface area contributed by atoms with E-state index in [9.17, 15) is 14.0 Å². The number of carbonyl (C=O) groups excluding carboxylic acids is 2. The summed E-state index contributed by atoms with van der Waals surface area (Å²) >= 11 is 0. The summed E-state index contributed by atoms with van der Waals surface area (Å²) in [5.74, 6) is 0.376. The second-order valence-electron chi connectivity index (χ2n) is 7.13. The van der Waals surface area contributed by atoms with Gasteiger partial charge < -0.3 is 25.0 Å². The Morgan fingerprint density at radius 1 is 1.28 bits per heavy atom. The van der Waals surface area contributed by atoms with Crippen LogP contribution in [0.5, 0.6) is 11.5 Å². The Morgan fingerprint density at radius 2 is 2.10 bits per heavy atom. The number of hydrogen-bond acceptors (Lipinski definition) is 5. The highest BCUT2D eigenvalue weighted by atomic mass is 19.1. The zero-order valence-electron chi connectivity index (χ0n) is 16.2. The van der Waals surface area contributed by atoms with Gasteiger partial charge in [-0.2, -0.15) is 0 Å². The summed E-state index contributed by atoms with van der Waals surface area (Å²) in [6, 6.07) is 9.62. The molecule has 0 saturated carbocycles. The number of nitrogens with one attached hydrogen (secondary N) is 2. The van der Waals surface area contributed by atoms with Gasteiger partial charge in [0.25, 0.3) is 5.91 Å². The smallest absolute Gasteiger partial charge is 0.262 e. The molecule has 8 heteroatoms. The molecule has 0 unspecified atom stereocenters. The monoisotopic (exact) mass is 399 g/mol. The maximum absolute atomic E-state index is 13.7. The molecule has 2 aliphatic rings. The highest BCUT2D eigenvalue weighted by molar-refractivity contribution is 5.95. The van der Waals surface area contributed by atoms with Crippen molar-refractivity contribution in [3.63, 3.8) is 0 Å². The predicted octanol–water partition coefficient (Wildman–Crippen LogP) is 2.62. The Labute approximate surface area is 167 Å². The van der Waals surface area contributed by atoms with Crippen molar-refractivity contribution in [3.05, 3.63) is 47.8 Å². The first-order valence-electron chi connectivity index (χ1n) is 9.44. The van der Waals surface area contributed by atoms with Crippen molar-refractivity contribution >= 4 is 23.2 Å². The normalized spacial score (nSPS) is 18.5. The summed E-state index contributed by atoms with van der Waals surface area (Å²) in [5.41, 5.74) is 2.26. The van der Waals surface area contributed by atoms with Gasteiger partial charge >= 0.3 is 0 Å². The third-order valence-electron chi connectivity index (χ3n) is 5.26. The summed E-state index contributed by atoms with van der Waals surface area (Å²) in [5, 5.41) is 5.46. The first-order chi connectivity index (χ1) is 14.0. The van der Waals surface area contributed by atoms with Crippen LogP contribution in [-0.2, 0) is 9.59 Å². The Balaban J connectivity index is 1.71. The fraction of sp³-hybridized carbons (Fsp3) is 0.333. The minimum absolute atomic E-state index is 0.00148. The number of carbonyl (C=O) groups is 2. The lowest BCUT2D eigenvalue weighted by Crippen LogP contribution is -2.46. The molecule has 0 bridgehead atoms. The molecule has 0 aromatic heterocycles. The summed E-state index contributed by atoms with van der Waals surface area (Å²) in [4.78, 5) is 25.8. The van der Waals surface area contributed by atoms with Crippen LogP contribution in [0.2, 0.25) is 0 Å². The maximum Gasteiger partial charge on any atom is 0.262 e. The Morgan fingerprint density at radius 3 is 2.90 bits per heavy atom. The van der Waals surface area contributed by atoms with E-state index >= 15 is 0 Å². The number of fused-ring (bicyclic) bond motifs is 2. The molecule has 0 radical (unpaired) electrons. The third kappa shape index (κ3) is 3.70. The standard InChI is InChI=1S/C21H22FN3O4/c1-12(13-3-6-18-16(7-13)24-21(27)11-29-18)25-15(9-20(26)23-2)10-28-19-8-14(22)4-5-17(19)25/h3-8,12,15H,9-11H2,1-2H3,(H,23,26)(H,24,27)/t12-,15-/m0/s1. The number of benzene rings is 2. The molecule has 0 spiro atoms. The van der Waals surface area contributed by atoms with Gasteiger partial charge in [0.1, 0.15) is 23.9 Å². The van der Waals surface area contributed by atoms with Gasteiger partial charge in [-0.05, 0) is 36.8 Å². The molecule has 2 amide bonds. The SMILES string of the molecule is CNC(=O)C[C@H]1COc2cc(F)ccc2N1[C@@H](C)c1ccc2c(c1)NC(=O)CO2. The molecule has 2 N–H and O–H groups in total. The topological polar surface area (TPSA) is 79.9 Å². The molecule has 7 nitrogen and oxygen atoms in total. The Bertz CT molecular complexity index is 965. The van der Waals surface area contributed by atoms with E-state index in [0.29, 0.717) is 17.2 Å². The van der Waals surface area contributed by atoms with Crippen LogP contribution in [0.1, 0.15) is 24.9 Å². The fourth-order valence-electron chi connectivity index (χ4n) is 3.80. The van der Waals surface area contributed by atoms with Crippen LogP contribution in [0.15, 0.2) is 36.4 Å².